The van der Waals surface area contributed by atoms with Crippen LogP contribution in [-0.4, -0.2) is 47.4 Å². The number of unbranched alkanes of at least 4 members (excludes halogenated alkanes) is 64. The zero-order chi connectivity index (χ0) is 67.0. The normalized spacial score (nSPS) is 12.6. The predicted molar refractivity (Wildman–Crippen MR) is 412 cm³/mol. The van der Waals surface area contributed by atoms with Gasteiger partial charge < -0.3 is 20.3 Å². The first-order chi connectivity index (χ1) is 46.0. The van der Waals surface area contributed by atoms with Crippen LogP contribution >= 0.6 is 0 Å². The Morgan fingerprint density at radius 3 is 0.828 bits per heavy atom. The van der Waals surface area contributed by atoms with Gasteiger partial charge >= 0.3 is 5.97 Å². The first-order valence-electron chi connectivity index (χ1n) is 42.7. The highest BCUT2D eigenvalue weighted by molar-refractivity contribution is 5.76. The highest BCUT2D eigenvalue weighted by Gasteiger charge is 2.20. The average molecular weight is 1310 g/mol. The third-order valence-corrected chi connectivity index (χ3v) is 20.2. The quantitative estimate of drug-likeness (QED) is 0.0320. The number of aliphatic hydroxyl groups is 2. The van der Waals surface area contributed by atoms with E-state index in [1.807, 2.05) is 0 Å². The summed E-state index contributed by atoms with van der Waals surface area (Å²) in [5, 5.41) is 23.5. The summed E-state index contributed by atoms with van der Waals surface area (Å²) in [6, 6.07) is -0.541. The lowest BCUT2D eigenvalue weighted by atomic mass is 10.0. The van der Waals surface area contributed by atoms with E-state index in [0.717, 1.165) is 51.4 Å². The monoisotopic (exact) mass is 1310 g/mol. The molecule has 93 heavy (non-hydrogen) atoms. The van der Waals surface area contributed by atoms with Crippen molar-refractivity contribution in [1.29, 1.82) is 0 Å². The van der Waals surface area contributed by atoms with Gasteiger partial charge in [-0.2, -0.15) is 0 Å². The second-order valence-electron chi connectivity index (χ2n) is 29.5. The van der Waals surface area contributed by atoms with E-state index in [2.05, 4.69) is 55.6 Å². The van der Waals surface area contributed by atoms with E-state index < -0.39 is 12.1 Å². The van der Waals surface area contributed by atoms with Crippen LogP contribution in [-0.2, 0) is 14.3 Å². The predicted octanol–water partition coefficient (Wildman–Crippen LogP) is 28.6. The van der Waals surface area contributed by atoms with E-state index in [-0.39, 0.29) is 18.5 Å². The van der Waals surface area contributed by atoms with Crippen molar-refractivity contribution in [1.82, 2.24) is 5.32 Å². The van der Waals surface area contributed by atoms with Gasteiger partial charge in [0.05, 0.1) is 25.4 Å². The summed E-state index contributed by atoms with van der Waals surface area (Å²) >= 11 is 0. The molecule has 6 nitrogen and oxygen atoms in total. The van der Waals surface area contributed by atoms with Crippen LogP contribution in [0.4, 0.5) is 0 Å². The molecule has 6 heteroatoms. The molecule has 0 aliphatic rings. The number of allylic oxidation sites excluding steroid dienone is 6. The molecule has 0 aromatic rings. The van der Waals surface area contributed by atoms with Gasteiger partial charge in [-0.25, -0.2) is 0 Å². The fourth-order valence-electron chi connectivity index (χ4n) is 13.7. The van der Waals surface area contributed by atoms with Gasteiger partial charge in [-0.05, 0) is 83.5 Å². The molecule has 0 aromatic heterocycles. The van der Waals surface area contributed by atoms with Crippen LogP contribution in [0.2, 0.25) is 0 Å². The molecule has 0 aromatic carbocycles. The van der Waals surface area contributed by atoms with Gasteiger partial charge in [-0.3, -0.25) is 9.59 Å². The highest BCUT2D eigenvalue weighted by Crippen LogP contribution is 2.20. The molecule has 3 N–H and O–H groups in total. The van der Waals surface area contributed by atoms with E-state index in [0.29, 0.717) is 25.9 Å². The van der Waals surface area contributed by atoms with Crippen LogP contribution in [0, 0.1) is 0 Å². The van der Waals surface area contributed by atoms with Crippen LogP contribution < -0.4 is 5.32 Å². The standard InChI is InChI=1S/C87H167NO5/c1-3-5-7-9-11-13-15-17-19-20-21-22-23-37-40-43-46-49-52-55-59-63-67-71-75-79-85(90)84(83-89)88-86(91)80-76-72-68-64-60-56-53-50-47-44-41-38-35-33-31-29-27-25-24-26-28-30-32-34-36-39-42-45-48-51-54-58-62-66-70-74-78-82-93-87(92)81-77-73-69-65-61-57-18-16-14-12-10-8-6-4-2/h16,18,24,26,30,32,84-85,89-90H,3-15,17,19-23,25,27-29,31,33-83H2,1-2H3,(H,88,91)/b18-16-,26-24-,32-30-. The number of aliphatic hydroxyl groups excluding tert-OH is 2. The number of ether oxygens (including phenoxy) is 1. The maximum absolute atomic E-state index is 12.6. The molecule has 0 radical (unpaired) electrons. The molecular formula is C87H167NO5. The lowest BCUT2D eigenvalue weighted by Crippen LogP contribution is -2.45. The number of rotatable bonds is 81. The summed E-state index contributed by atoms with van der Waals surface area (Å²) in [6.45, 7) is 4.99. The third kappa shape index (κ3) is 79.0. The first kappa shape index (κ1) is 91.1. The molecular weight excluding hydrogens is 1140 g/mol. The van der Waals surface area contributed by atoms with Gasteiger partial charge in [0.2, 0.25) is 5.91 Å². The van der Waals surface area contributed by atoms with E-state index in [4.69, 9.17) is 4.74 Å². The van der Waals surface area contributed by atoms with Crippen molar-refractivity contribution in [2.24, 2.45) is 0 Å². The van der Waals surface area contributed by atoms with Crippen molar-refractivity contribution in [2.45, 2.75) is 495 Å². The summed E-state index contributed by atoms with van der Waals surface area (Å²) in [5.74, 6) is -0.0152. The first-order valence-corrected chi connectivity index (χ1v) is 42.7. The summed E-state index contributed by atoms with van der Waals surface area (Å²) in [6.07, 6.45) is 108. The molecule has 1 amide bonds. The average Bonchev–Trinajstić information content (AvgIpc) is 3.77. The SMILES string of the molecule is CCCCCCC/C=C\CCCCCCCC(=O)OCCCCCCCCCCCCCCC/C=C\C/C=C\CCCCCCCCCCCCCCCCCCCC(=O)NC(CO)C(O)CCCCCCCCCCCCCCCCCCCCCCCCCCC. The van der Waals surface area contributed by atoms with Crippen LogP contribution in [0.1, 0.15) is 483 Å². The topological polar surface area (TPSA) is 95.9 Å². The van der Waals surface area contributed by atoms with Gasteiger partial charge in [-0.1, -0.05) is 423 Å². The van der Waals surface area contributed by atoms with Crippen molar-refractivity contribution < 1.29 is 24.5 Å². The lowest BCUT2D eigenvalue weighted by molar-refractivity contribution is -0.143. The molecule has 0 fully saturated rings. The molecule has 2 unspecified atom stereocenters. The molecule has 0 rings (SSSR count). The Morgan fingerprint density at radius 2 is 0.538 bits per heavy atom. The van der Waals surface area contributed by atoms with Crippen molar-refractivity contribution in [3.05, 3.63) is 36.5 Å². The Hall–Kier alpha value is -1.92. The van der Waals surface area contributed by atoms with Gasteiger partial charge in [0.1, 0.15) is 0 Å². The molecule has 0 saturated carbocycles. The van der Waals surface area contributed by atoms with Crippen molar-refractivity contribution in [2.75, 3.05) is 13.2 Å². The van der Waals surface area contributed by atoms with Gasteiger partial charge in [-0.15, -0.1) is 0 Å². The van der Waals surface area contributed by atoms with E-state index in [1.54, 1.807) is 0 Å². The summed E-state index contributed by atoms with van der Waals surface area (Å²) in [4.78, 5) is 24.7. The number of nitrogens with one attached hydrogen (secondary N) is 1. The number of hydrogen-bond acceptors (Lipinski definition) is 5. The molecule has 0 saturated heterocycles. The van der Waals surface area contributed by atoms with Gasteiger partial charge in [0.15, 0.2) is 0 Å². The van der Waals surface area contributed by atoms with E-state index >= 15 is 0 Å². The van der Waals surface area contributed by atoms with Gasteiger partial charge in [0, 0.05) is 12.8 Å². The number of carbonyl (C=O) groups is 2. The van der Waals surface area contributed by atoms with Gasteiger partial charge in [0.25, 0.3) is 0 Å². The Kier molecular flexibility index (Phi) is 80.8. The number of amides is 1. The molecule has 0 aliphatic heterocycles. The zero-order valence-corrected chi connectivity index (χ0v) is 63.3. The fourth-order valence-corrected chi connectivity index (χ4v) is 13.7. The minimum absolute atomic E-state index is 0.0110. The molecule has 0 spiro atoms. The van der Waals surface area contributed by atoms with Crippen LogP contribution in [0.25, 0.3) is 0 Å². The minimum atomic E-state index is -0.664. The Bertz CT molecular complexity index is 1510. The zero-order valence-electron chi connectivity index (χ0n) is 63.3. The van der Waals surface area contributed by atoms with Crippen LogP contribution in [0.15, 0.2) is 36.5 Å². The smallest absolute Gasteiger partial charge is 0.305 e. The van der Waals surface area contributed by atoms with Crippen molar-refractivity contribution >= 4 is 11.9 Å². The van der Waals surface area contributed by atoms with Crippen LogP contribution in [0.3, 0.4) is 0 Å². The molecule has 0 aliphatic carbocycles. The lowest BCUT2D eigenvalue weighted by Gasteiger charge is -2.22. The van der Waals surface area contributed by atoms with Crippen molar-refractivity contribution in [3.63, 3.8) is 0 Å². The van der Waals surface area contributed by atoms with Crippen LogP contribution in [0.5, 0.6) is 0 Å². The second kappa shape index (κ2) is 82.5. The summed E-state index contributed by atoms with van der Waals surface area (Å²) in [7, 11) is 0. The van der Waals surface area contributed by atoms with E-state index in [9.17, 15) is 19.8 Å². The number of esters is 1. The van der Waals surface area contributed by atoms with E-state index in [1.165, 1.54) is 398 Å². The summed E-state index contributed by atoms with van der Waals surface area (Å²) in [5.41, 5.74) is 0. The maximum atomic E-state index is 12.6. The number of carbonyl (C=O) groups excluding carboxylic acids is 2. The number of hydrogen-bond donors (Lipinski definition) is 3. The third-order valence-electron chi connectivity index (χ3n) is 20.2. The summed E-state index contributed by atoms with van der Waals surface area (Å²) < 4.78 is 5.49. The largest absolute Gasteiger partial charge is 0.466 e. The maximum Gasteiger partial charge on any atom is 0.305 e. The fraction of sp³-hybridized carbons (Fsp3) is 0.908. The molecule has 0 bridgehead atoms. The highest BCUT2D eigenvalue weighted by atomic mass is 16.5. The Balaban J connectivity index is 3.37. The Labute approximate surface area is 583 Å². The van der Waals surface area contributed by atoms with Crippen molar-refractivity contribution in [3.8, 4) is 0 Å². The molecule has 550 valence electrons. The molecule has 2 atom stereocenters. The second-order valence-corrected chi connectivity index (χ2v) is 29.5. The minimum Gasteiger partial charge on any atom is -0.466 e. The Morgan fingerprint density at radius 1 is 0.301 bits per heavy atom. The molecule has 0 heterocycles.